The van der Waals surface area contributed by atoms with Crippen molar-refractivity contribution in [3.05, 3.63) is 6.20 Å². The van der Waals surface area contributed by atoms with Gasteiger partial charge in [0.25, 0.3) is 10.0 Å². The summed E-state index contributed by atoms with van der Waals surface area (Å²) < 4.78 is 27.0. The van der Waals surface area contributed by atoms with Crippen LogP contribution in [0, 0.1) is 0 Å². The molecule has 0 fully saturated rings. The summed E-state index contributed by atoms with van der Waals surface area (Å²) in [5.74, 6) is -0.137. The fourth-order valence-corrected chi connectivity index (χ4v) is 2.25. The minimum absolute atomic E-state index is 0.137. The quantitative estimate of drug-likeness (QED) is 0.707. The molecular formula is C9H17N5O3S. The minimum Gasteiger partial charge on any atom is -0.381 e. The van der Waals surface area contributed by atoms with E-state index in [0.29, 0.717) is 6.54 Å². The summed E-state index contributed by atoms with van der Waals surface area (Å²) in [4.78, 5) is 11.2. The number of anilines is 1. The van der Waals surface area contributed by atoms with Gasteiger partial charge >= 0.3 is 6.03 Å². The van der Waals surface area contributed by atoms with Gasteiger partial charge < -0.3 is 11.1 Å². The number of rotatable bonds is 4. The van der Waals surface area contributed by atoms with E-state index in [1.54, 1.807) is 20.8 Å². The number of carbonyl (C=O) groups excluding carboxylic acids is 1. The molecule has 1 aromatic rings. The fourth-order valence-electron chi connectivity index (χ4n) is 1.26. The number of urea groups is 1. The lowest BCUT2D eigenvalue weighted by molar-refractivity contribution is 0.243. The van der Waals surface area contributed by atoms with E-state index in [4.69, 9.17) is 5.73 Å². The molecule has 4 N–H and O–H groups in total. The third kappa shape index (κ3) is 3.36. The second-order valence-electron chi connectivity index (χ2n) is 3.97. The Labute approximate surface area is 106 Å². The summed E-state index contributed by atoms with van der Waals surface area (Å²) in [6, 6.07) is -0.968. The number of hydrogen-bond donors (Lipinski definition) is 3. The van der Waals surface area contributed by atoms with Gasteiger partial charge in [-0.1, -0.05) is 0 Å². The summed E-state index contributed by atoms with van der Waals surface area (Å²) in [5, 5.41) is 6.22. The molecule has 0 saturated carbocycles. The maximum Gasteiger partial charge on any atom is 0.328 e. The van der Waals surface area contributed by atoms with Gasteiger partial charge in [0.05, 0.1) is 0 Å². The van der Waals surface area contributed by atoms with Gasteiger partial charge in [-0.3, -0.25) is 4.68 Å². The number of hydrogen-bond acceptors (Lipinski definition) is 5. The lowest BCUT2D eigenvalue weighted by atomic mass is 10.4. The number of aromatic nitrogens is 2. The van der Waals surface area contributed by atoms with Crippen molar-refractivity contribution in [3.63, 3.8) is 0 Å². The van der Waals surface area contributed by atoms with Crippen molar-refractivity contribution in [2.75, 3.05) is 5.73 Å². The SMILES string of the molecule is CCn1cc(S(=O)(=O)NC(=O)NC(C)C)c(N)n1. The monoisotopic (exact) mass is 275 g/mol. The molecule has 18 heavy (non-hydrogen) atoms. The van der Waals surface area contributed by atoms with Crippen LogP contribution in [-0.2, 0) is 16.6 Å². The molecule has 0 aliphatic heterocycles. The van der Waals surface area contributed by atoms with Gasteiger partial charge in [-0.15, -0.1) is 0 Å². The molecule has 0 unspecified atom stereocenters. The third-order valence-electron chi connectivity index (χ3n) is 2.02. The first-order valence-electron chi connectivity index (χ1n) is 5.42. The number of nitrogens with zero attached hydrogens (tertiary/aromatic N) is 2. The third-order valence-corrected chi connectivity index (χ3v) is 3.36. The van der Waals surface area contributed by atoms with E-state index in [1.165, 1.54) is 10.9 Å². The number of sulfonamides is 1. The molecule has 1 heterocycles. The molecular weight excluding hydrogens is 258 g/mol. The molecule has 0 radical (unpaired) electrons. The highest BCUT2D eigenvalue weighted by atomic mass is 32.2. The van der Waals surface area contributed by atoms with Crippen LogP contribution in [0.4, 0.5) is 10.6 Å². The first kappa shape index (κ1) is 14.3. The van der Waals surface area contributed by atoms with Crippen LogP contribution in [0.15, 0.2) is 11.1 Å². The van der Waals surface area contributed by atoms with Crippen molar-refractivity contribution in [1.29, 1.82) is 0 Å². The van der Waals surface area contributed by atoms with Crippen molar-refractivity contribution in [2.45, 2.75) is 38.3 Å². The summed E-state index contributed by atoms with van der Waals surface area (Å²) in [7, 11) is -4.00. The Morgan fingerprint density at radius 3 is 2.61 bits per heavy atom. The average molecular weight is 275 g/mol. The molecule has 0 atom stereocenters. The highest BCUT2D eigenvalue weighted by molar-refractivity contribution is 7.90. The van der Waals surface area contributed by atoms with Crippen molar-refractivity contribution < 1.29 is 13.2 Å². The topological polar surface area (TPSA) is 119 Å². The van der Waals surface area contributed by atoms with E-state index in [-0.39, 0.29) is 16.8 Å². The van der Waals surface area contributed by atoms with Crippen molar-refractivity contribution in [2.24, 2.45) is 0 Å². The summed E-state index contributed by atoms with van der Waals surface area (Å²) in [6.45, 7) is 5.71. The Morgan fingerprint density at radius 2 is 2.17 bits per heavy atom. The molecule has 102 valence electrons. The van der Waals surface area contributed by atoms with Crippen LogP contribution in [0.25, 0.3) is 0 Å². The first-order valence-corrected chi connectivity index (χ1v) is 6.90. The lowest BCUT2D eigenvalue weighted by Gasteiger charge is -2.09. The van der Waals surface area contributed by atoms with E-state index < -0.39 is 16.1 Å². The van der Waals surface area contributed by atoms with Gasteiger partial charge in [0.15, 0.2) is 5.82 Å². The summed E-state index contributed by atoms with van der Waals surface area (Å²) in [6.07, 6.45) is 1.28. The zero-order valence-corrected chi connectivity index (χ0v) is 11.3. The smallest absolute Gasteiger partial charge is 0.328 e. The van der Waals surface area contributed by atoms with Crippen LogP contribution in [0.5, 0.6) is 0 Å². The predicted molar refractivity (Wildman–Crippen MR) is 66.3 cm³/mol. The highest BCUT2D eigenvalue weighted by Crippen LogP contribution is 2.15. The van der Waals surface area contributed by atoms with Gasteiger partial charge in [0.1, 0.15) is 4.90 Å². The van der Waals surface area contributed by atoms with Crippen molar-refractivity contribution >= 4 is 21.9 Å². The van der Waals surface area contributed by atoms with Gasteiger partial charge in [-0.25, -0.2) is 17.9 Å². The normalized spacial score (nSPS) is 11.6. The molecule has 9 heteroatoms. The molecule has 1 aromatic heterocycles. The Kier molecular flexibility index (Phi) is 4.17. The average Bonchev–Trinajstić information content (AvgIpc) is 2.58. The molecule has 0 aromatic carbocycles. The zero-order valence-electron chi connectivity index (χ0n) is 10.5. The number of carbonyl (C=O) groups is 1. The molecule has 0 spiro atoms. The van der Waals surface area contributed by atoms with Crippen LogP contribution in [0.2, 0.25) is 0 Å². The summed E-state index contributed by atoms with van der Waals surface area (Å²) >= 11 is 0. The van der Waals surface area contributed by atoms with E-state index in [9.17, 15) is 13.2 Å². The second kappa shape index (κ2) is 5.25. The highest BCUT2D eigenvalue weighted by Gasteiger charge is 2.23. The predicted octanol–water partition coefficient (Wildman–Crippen LogP) is -0.118. The summed E-state index contributed by atoms with van der Waals surface area (Å²) in [5.41, 5.74) is 5.50. The molecule has 0 saturated heterocycles. The zero-order chi connectivity index (χ0) is 13.9. The van der Waals surface area contributed by atoms with Crippen LogP contribution < -0.4 is 15.8 Å². The standard InChI is InChI=1S/C9H17N5O3S/c1-4-14-5-7(8(10)12-14)18(16,17)13-9(15)11-6(2)3/h5-6H,4H2,1-3H3,(H2,10,12)(H2,11,13,15). The van der Waals surface area contributed by atoms with Crippen LogP contribution >= 0.6 is 0 Å². The first-order chi connectivity index (χ1) is 8.26. The Hall–Kier alpha value is -1.77. The van der Waals surface area contributed by atoms with Gasteiger partial charge in [0.2, 0.25) is 0 Å². The number of nitrogens with one attached hydrogen (secondary N) is 2. The van der Waals surface area contributed by atoms with Gasteiger partial charge in [0, 0.05) is 18.8 Å². The number of aryl methyl sites for hydroxylation is 1. The van der Waals surface area contributed by atoms with Gasteiger partial charge in [-0.05, 0) is 20.8 Å². The largest absolute Gasteiger partial charge is 0.381 e. The number of nitrogen functional groups attached to an aromatic ring is 1. The molecule has 2 amide bonds. The molecule has 0 aliphatic carbocycles. The Bertz CT molecular complexity index is 534. The maximum atomic E-state index is 11.9. The van der Waals surface area contributed by atoms with Crippen molar-refractivity contribution in [3.8, 4) is 0 Å². The maximum absolute atomic E-state index is 11.9. The van der Waals surface area contributed by atoms with Crippen LogP contribution in [-0.4, -0.2) is 30.3 Å². The molecule has 8 nitrogen and oxygen atoms in total. The lowest BCUT2D eigenvalue weighted by Crippen LogP contribution is -2.42. The molecule has 1 rings (SSSR count). The van der Waals surface area contributed by atoms with Crippen LogP contribution in [0.1, 0.15) is 20.8 Å². The van der Waals surface area contributed by atoms with Crippen LogP contribution in [0.3, 0.4) is 0 Å². The van der Waals surface area contributed by atoms with E-state index >= 15 is 0 Å². The van der Waals surface area contributed by atoms with Gasteiger partial charge in [-0.2, -0.15) is 5.10 Å². The van der Waals surface area contributed by atoms with E-state index in [1.807, 2.05) is 4.72 Å². The Balaban J connectivity index is 2.92. The van der Waals surface area contributed by atoms with E-state index in [2.05, 4.69) is 10.4 Å². The minimum atomic E-state index is -4.00. The fraction of sp³-hybridized carbons (Fsp3) is 0.556. The van der Waals surface area contributed by atoms with E-state index in [0.717, 1.165) is 0 Å². The van der Waals surface area contributed by atoms with Crippen molar-refractivity contribution in [1.82, 2.24) is 19.8 Å². The second-order valence-corrected chi connectivity index (χ2v) is 5.62. The Morgan fingerprint density at radius 1 is 1.56 bits per heavy atom. The number of nitrogens with two attached hydrogens (primary N) is 1. The molecule has 0 aliphatic rings. The molecule has 0 bridgehead atoms. The number of amides is 2.